The molecule has 0 aromatic heterocycles. The summed E-state index contributed by atoms with van der Waals surface area (Å²) < 4.78 is 33.9. The number of unbranched alkanes of at least 4 members (excludes halogenated alkanes) is 21. The maximum absolute atomic E-state index is 12.0. The summed E-state index contributed by atoms with van der Waals surface area (Å²) in [6.07, 6.45) is 30.6. The van der Waals surface area contributed by atoms with Gasteiger partial charge in [-0.05, 0) is 23.8 Å². The molecule has 0 saturated heterocycles. The molecule has 4 heteroatoms. The number of hydrogen-bond acceptors (Lipinski definition) is 2. The summed E-state index contributed by atoms with van der Waals surface area (Å²) >= 11 is 0. The lowest BCUT2D eigenvalue weighted by Crippen LogP contribution is -2.04. The molecule has 3 nitrogen and oxygen atoms in total. The quantitative estimate of drug-likeness (QED) is 0.106. The van der Waals surface area contributed by atoms with Crippen molar-refractivity contribution in [2.75, 3.05) is 0 Å². The first-order chi connectivity index (χ1) is 18.5. The van der Waals surface area contributed by atoms with E-state index in [0.717, 1.165) is 23.8 Å². The molecule has 0 spiro atoms. The molecule has 2 aromatic rings. The summed E-state index contributed by atoms with van der Waals surface area (Å²) in [5.74, 6) is 0. The van der Waals surface area contributed by atoms with E-state index in [4.69, 9.17) is 0 Å². The Kier molecular flexibility index (Phi) is 17.7. The summed E-state index contributed by atoms with van der Waals surface area (Å²) in [4.78, 5) is 0.0964. The van der Waals surface area contributed by atoms with Crippen LogP contribution in [0.1, 0.15) is 154 Å². The highest BCUT2D eigenvalue weighted by Gasteiger charge is 2.18. The molecule has 0 aliphatic rings. The van der Waals surface area contributed by atoms with Crippen LogP contribution in [0.25, 0.3) is 10.8 Å². The predicted molar refractivity (Wildman–Crippen MR) is 165 cm³/mol. The number of aryl methyl sites for hydroxylation is 1. The van der Waals surface area contributed by atoms with Crippen LogP contribution >= 0.6 is 0 Å². The Morgan fingerprint density at radius 1 is 0.526 bits per heavy atom. The molecule has 216 valence electrons. The Labute approximate surface area is 235 Å². The third-order valence-electron chi connectivity index (χ3n) is 8.02. The van der Waals surface area contributed by atoms with Crippen molar-refractivity contribution in [2.45, 2.75) is 159 Å². The maximum atomic E-state index is 12.0. The van der Waals surface area contributed by atoms with Gasteiger partial charge in [0.2, 0.25) is 0 Å². The summed E-state index contributed by atoms with van der Waals surface area (Å²) in [7, 11) is -4.24. The van der Waals surface area contributed by atoms with Crippen molar-refractivity contribution in [1.29, 1.82) is 0 Å². The first-order valence-electron chi connectivity index (χ1n) is 16.0. The van der Waals surface area contributed by atoms with Crippen LogP contribution in [0.15, 0.2) is 41.3 Å². The van der Waals surface area contributed by atoms with Gasteiger partial charge in [0.25, 0.3) is 10.1 Å². The minimum Gasteiger partial charge on any atom is -0.282 e. The number of hydrogen-bond donors (Lipinski definition) is 1. The molecule has 0 heterocycles. The number of benzene rings is 2. The summed E-state index contributed by atoms with van der Waals surface area (Å²) in [6, 6.07) is 11.2. The highest BCUT2D eigenvalue weighted by molar-refractivity contribution is 7.86. The van der Waals surface area contributed by atoms with Crippen LogP contribution in [0.2, 0.25) is 0 Å². The van der Waals surface area contributed by atoms with E-state index in [1.165, 1.54) is 128 Å². The molecule has 0 amide bonds. The van der Waals surface area contributed by atoms with Crippen molar-refractivity contribution in [1.82, 2.24) is 0 Å². The van der Waals surface area contributed by atoms with Gasteiger partial charge >= 0.3 is 0 Å². The van der Waals surface area contributed by atoms with Crippen LogP contribution in [0.4, 0.5) is 0 Å². The van der Waals surface area contributed by atoms with Gasteiger partial charge in [-0.15, -0.1) is 0 Å². The van der Waals surface area contributed by atoms with Crippen molar-refractivity contribution >= 4 is 20.9 Å². The van der Waals surface area contributed by atoms with E-state index in [1.54, 1.807) is 6.07 Å². The smallest absolute Gasteiger partial charge is 0.282 e. The molecular formula is C34H56O3S. The van der Waals surface area contributed by atoms with Gasteiger partial charge in [0.1, 0.15) is 4.90 Å². The van der Waals surface area contributed by atoms with E-state index in [1.807, 2.05) is 30.3 Å². The van der Waals surface area contributed by atoms with Gasteiger partial charge in [-0.25, -0.2) is 0 Å². The molecule has 2 rings (SSSR count). The van der Waals surface area contributed by atoms with E-state index in [2.05, 4.69) is 6.92 Å². The van der Waals surface area contributed by atoms with E-state index >= 15 is 0 Å². The second-order valence-corrected chi connectivity index (χ2v) is 12.8. The topological polar surface area (TPSA) is 54.4 Å². The highest BCUT2D eigenvalue weighted by atomic mass is 32.2. The van der Waals surface area contributed by atoms with Gasteiger partial charge < -0.3 is 0 Å². The summed E-state index contributed by atoms with van der Waals surface area (Å²) in [5.41, 5.74) is 0.736. The van der Waals surface area contributed by atoms with Crippen LogP contribution in [-0.4, -0.2) is 13.0 Å². The second kappa shape index (κ2) is 20.5. The second-order valence-electron chi connectivity index (χ2n) is 11.4. The Morgan fingerprint density at radius 2 is 0.921 bits per heavy atom. The fraction of sp³-hybridized carbons (Fsp3) is 0.706. The molecule has 0 radical (unpaired) electrons. The lowest BCUT2D eigenvalue weighted by Gasteiger charge is -2.11. The van der Waals surface area contributed by atoms with Gasteiger partial charge in [-0.1, -0.05) is 178 Å². The SMILES string of the molecule is CCCCCCCCCCCCCCCCCCCCCCCCc1ccc2ccccc2c1S(=O)(=O)O. The average molecular weight is 545 g/mol. The Hall–Kier alpha value is -1.39. The Morgan fingerprint density at radius 3 is 1.34 bits per heavy atom. The summed E-state index contributed by atoms with van der Waals surface area (Å²) in [6.45, 7) is 2.29. The zero-order valence-electron chi connectivity index (χ0n) is 24.4. The van der Waals surface area contributed by atoms with Gasteiger partial charge in [0.05, 0.1) is 0 Å². The van der Waals surface area contributed by atoms with E-state index < -0.39 is 10.1 Å². The van der Waals surface area contributed by atoms with Gasteiger partial charge in [0.15, 0.2) is 0 Å². The van der Waals surface area contributed by atoms with Crippen LogP contribution in [0, 0.1) is 0 Å². The molecule has 0 atom stereocenters. The van der Waals surface area contributed by atoms with Crippen molar-refractivity contribution in [3.8, 4) is 0 Å². The maximum Gasteiger partial charge on any atom is 0.295 e. The van der Waals surface area contributed by atoms with E-state index in [0.29, 0.717) is 11.8 Å². The number of fused-ring (bicyclic) bond motifs is 1. The molecule has 0 bridgehead atoms. The fourth-order valence-corrected chi connectivity index (χ4v) is 6.68. The van der Waals surface area contributed by atoms with Gasteiger partial charge in [0, 0.05) is 5.39 Å². The Balaban J connectivity index is 1.39. The minimum absolute atomic E-state index is 0.0964. The third kappa shape index (κ3) is 14.1. The third-order valence-corrected chi connectivity index (χ3v) is 9.02. The normalized spacial score (nSPS) is 11.9. The monoisotopic (exact) mass is 544 g/mol. The highest BCUT2D eigenvalue weighted by Crippen LogP contribution is 2.28. The molecule has 1 N–H and O–H groups in total. The van der Waals surface area contributed by atoms with Gasteiger partial charge in [-0.2, -0.15) is 8.42 Å². The molecule has 38 heavy (non-hydrogen) atoms. The van der Waals surface area contributed by atoms with Gasteiger partial charge in [-0.3, -0.25) is 4.55 Å². The van der Waals surface area contributed by atoms with Crippen molar-refractivity contribution in [3.63, 3.8) is 0 Å². The average Bonchev–Trinajstić information content (AvgIpc) is 2.90. The lowest BCUT2D eigenvalue weighted by atomic mass is 10.0. The first kappa shape index (κ1) is 32.8. The molecule has 2 aromatic carbocycles. The lowest BCUT2D eigenvalue weighted by molar-refractivity contribution is 0.482. The molecule has 0 saturated carbocycles. The fourth-order valence-electron chi connectivity index (χ4n) is 5.71. The molecule has 0 unspecified atom stereocenters. The Bertz CT molecular complexity index is 967. The molecule has 0 aliphatic heterocycles. The van der Waals surface area contributed by atoms with Crippen LogP contribution in [0.5, 0.6) is 0 Å². The zero-order chi connectivity index (χ0) is 27.3. The van der Waals surface area contributed by atoms with E-state index in [9.17, 15) is 13.0 Å². The largest absolute Gasteiger partial charge is 0.295 e. The standard InChI is InChI=1S/C34H56O3S/c1-2-3-4-5-6-7-8-9-10-11-12-13-14-15-16-17-18-19-20-21-22-23-27-32-30-29-31-26-24-25-28-33(31)34(32)38(35,36)37/h24-26,28-30H,2-23,27H2,1H3,(H,35,36,37). The minimum atomic E-state index is -4.24. The molecule has 0 fully saturated rings. The predicted octanol–water partition coefficient (Wildman–Crippen LogP) is 11.2. The van der Waals surface area contributed by atoms with Crippen molar-refractivity contribution in [2.24, 2.45) is 0 Å². The van der Waals surface area contributed by atoms with Crippen LogP contribution in [-0.2, 0) is 16.5 Å². The first-order valence-corrected chi connectivity index (χ1v) is 17.5. The summed E-state index contributed by atoms with van der Waals surface area (Å²) in [5, 5.41) is 1.46. The van der Waals surface area contributed by atoms with Crippen LogP contribution < -0.4 is 0 Å². The molecule has 0 aliphatic carbocycles. The number of rotatable bonds is 24. The van der Waals surface area contributed by atoms with Crippen molar-refractivity contribution in [3.05, 3.63) is 42.0 Å². The van der Waals surface area contributed by atoms with Crippen molar-refractivity contribution < 1.29 is 13.0 Å². The molecular weight excluding hydrogens is 488 g/mol. The van der Waals surface area contributed by atoms with Crippen LogP contribution in [0.3, 0.4) is 0 Å². The zero-order valence-corrected chi connectivity index (χ0v) is 25.2. The van der Waals surface area contributed by atoms with E-state index in [-0.39, 0.29) is 4.90 Å².